The molecule has 7 heteroatoms. The van der Waals surface area contributed by atoms with Gasteiger partial charge in [-0.1, -0.05) is 41.9 Å². The quantitative estimate of drug-likeness (QED) is 0.627. The first kappa shape index (κ1) is 20.4. The molecule has 3 aromatic rings. The Hall–Kier alpha value is -2.83. The second-order valence-corrected chi connectivity index (χ2v) is 8.02. The maximum Gasteiger partial charge on any atom is 0.221 e. The van der Waals surface area contributed by atoms with Gasteiger partial charge >= 0.3 is 0 Å². The number of H-pyrrole nitrogens is 1. The van der Waals surface area contributed by atoms with Crippen molar-refractivity contribution in [2.24, 2.45) is 0 Å². The summed E-state index contributed by atoms with van der Waals surface area (Å²) in [4.78, 5) is 14.6. The molecule has 1 unspecified atom stereocenters. The van der Waals surface area contributed by atoms with E-state index in [9.17, 15) is 4.79 Å². The molecule has 30 heavy (non-hydrogen) atoms. The van der Waals surface area contributed by atoms with Gasteiger partial charge in [-0.3, -0.25) is 14.8 Å². The second-order valence-electron chi connectivity index (χ2n) is 7.59. The molecule has 4 rings (SSSR count). The number of carbonyl (C=O) groups excluding carboxylic acids is 1. The molecule has 0 spiro atoms. The number of nitrogens with zero attached hydrogens (tertiary/aromatic N) is 2. The van der Waals surface area contributed by atoms with Crippen LogP contribution in [0.15, 0.2) is 54.6 Å². The van der Waals surface area contributed by atoms with E-state index >= 15 is 0 Å². The monoisotopic (exact) mass is 424 g/mol. The highest BCUT2D eigenvalue weighted by atomic mass is 35.5. The molecular formula is C23H25ClN4O2. The molecule has 156 valence electrons. The number of fused-ring (bicyclic) bond motifs is 1. The molecule has 1 aromatic heterocycles. The van der Waals surface area contributed by atoms with Crippen molar-refractivity contribution < 1.29 is 9.53 Å². The standard InChI is InChI=1S/C23H25ClN4O2/c1-16-14-28(15-18-11-19(24)7-8-22(18)30-16)10-9-23(29)25-13-20-12-21(27-26-20)17-5-3-2-4-6-17/h2-8,11-12,16H,9-10,13-15H2,1H3,(H,25,29)(H,26,27). The van der Waals surface area contributed by atoms with Gasteiger partial charge in [0.15, 0.2) is 0 Å². The lowest BCUT2D eigenvalue weighted by molar-refractivity contribution is -0.121. The number of hydrogen-bond acceptors (Lipinski definition) is 4. The number of carbonyl (C=O) groups is 1. The number of halogens is 1. The summed E-state index contributed by atoms with van der Waals surface area (Å²) in [7, 11) is 0. The first-order valence-corrected chi connectivity index (χ1v) is 10.5. The van der Waals surface area contributed by atoms with Gasteiger partial charge in [-0.05, 0) is 31.2 Å². The van der Waals surface area contributed by atoms with Crippen LogP contribution in [0.25, 0.3) is 11.3 Å². The van der Waals surface area contributed by atoms with Crippen LogP contribution in [0.4, 0.5) is 0 Å². The van der Waals surface area contributed by atoms with Crippen LogP contribution >= 0.6 is 11.6 Å². The molecule has 0 fully saturated rings. The van der Waals surface area contributed by atoms with E-state index in [-0.39, 0.29) is 12.0 Å². The lowest BCUT2D eigenvalue weighted by Crippen LogP contribution is -2.34. The topological polar surface area (TPSA) is 70.2 Å². The number of amides is 1. The van der Waals surface area contributed by atoms with E-state index in [2.05, 4.69) is 20.4 Å². The van der Waals surface area contributed by atoms with Crippen molar-refractivity contribution in [3.8, 4) is 17.0 Å². The molecule has 2 heterocycles. The zero-order valence-electron chi connectivity index (χ0n) is 16.9. The number of benzene rings is 2. The van der Waals surface area contributed by atoms with Crippen molar-refractivity contribution in [3.05, 3.63) is 70.9 Å². The highest BCUT2D eigenvalue weighted by Gasteiger charge is 2.20. The Bertz CT molecular complexity index is 1010. The van der Waals surface area contributed by atoms with Crippen LogP contribution in [-0.4, -0.2) is 40.2 Å². The van der Waals surface area contributed by atoms with Gasteiger partial charge in [0.05, 0.1) is 17.9 Å². The van der Waals surface area contributed by atoms with Crippen LogP contribution in [0.2, 0.25) is 5.02 Å². The normalized spacial score (nSPS) is 16.4. The highest BCUT2D eigenvalue weighted by molar-refractivity contribution is 6.30. The van der Waals surface area contributed by atoms with Crippen LogP contribution in [0.3, 0.4) is 0 Å². The van der Waals surface area contributed by atoms with E-state index < -0.39 is 0 Å². The molecular weight excluding hydrogens is 400 g/mol. The SMILES string of the molecule is CC1CN(CCC(=O)NCc2cc(-c3ccccc3)n[nH]2)Cc2cc(Cl)ccc2O1. The summed E-state index contributed by atoms with van der Waals surface area (Å²) in [5, 5.41) is 11.0. The molecule has 1 amide bonds. The molecule has 6 nitrogen and oxygen atoms in total. The molecule has 1 aliphatic heterocycles. The second kappa shape index (κ2) is 9.32. The Labute approximate surface area is 181 Å². The number of aromatic nitrogens is 2. The van der Waals surface area contributed by atoms with E-state index in [0.717, 1.165) is 34.8 Å². The fourth-order valence-corrected chi connectivity index (χ4v) is 3.83. The molecule has 0 saturated heterocycles. The average molecular weight is 425 g/mol. The lowest BCUT2D eigenvalue weighted by atomic mass is 10.1. The minimum absolute atomic E-state index is 0.00926. The van der Waals surface area contributed by atoms with Crippen molar-refractivity contribution in [2.75, 3.05) is 13.1 Å². The van der Waals surface area contributed by atoms with Gasteiger partial charge in [-0.25, -0.2) is 0 Å². The summed E-state index contributed by atoms with van der Waals surface area (Å²) in [6.45, 7) is 4.61. The Kier molecular flexibility index (Phi) is 6.35. The summed E-state index contributed by atoms with van der Waals surface area (Å²) in [6.07, 6.45) is 0.472. The summed E-state index contributed by atoms with van der Waals surface area (Å²) >= 11 is 6.14. The van der Waals surface area contributed by atoms with Gasteiger partial charge in [0.1, 0.15) is 11.9 Å². The minimum atomic E-state index is 0.00926. The molecule has 2 N–H and O–H groups in total. The third-order valence-electron chi connectivity index (χ3n) is 5.09. The van der Waals surface area contributed by atoms with Crippen molar-refractivity contribution >= 4 is 17.5 Å². The smallest absolute Gasteiger partial charge is 0.221 e. The van der Waals surface area contributed by atoms with Crippen LogP contribution in [0.5, 0.6) is 5.75 Å². The van der Waals surface area contributed by atoms with Crippen LogP contribution in [-0.2, 0) is 17.9 Å². The third-order valence-corrected chi connectivity index (χ3v) is 5.33. The van der Waals surface area contributed by atoms with Crippen molar-refractivity contribution in [1.82, 2.24) is 20.4 Å². The molecule has 2 aromatic carbocycles. The van der Waals surface area contributed by atoms with Crippen LogP contribution in [0.1, 0.15) is 24.6 Å². The number of nitrogens with one attached hydrogen (secondary N) is 2. The number of hydrogen-bond donors (Lipinski definition) is 2. The zero-order valence-corrected chi connectivity index (χ0v) is 17.7. The van der Waals surface area contributed by atoms with Gasteiger partial charge in [-0.15, -0.1) is 0 Å². The van der Waals surface area contributed by atoms with E-state index in [4.69, 9.17) is 16.3 Å². The Morgan fingerprint density at radius 2 is 2.10 bits per heavy atom. The fourth-order valence-electron chi connectivity index (χ4n) is 3.63. The van der Waals surface area contributed by atoms with E-state index in [1.54, 1.807) is 0 Å². The molecule has 1 atom stereocenters. The summed E-state index contributed by atoms with van der Waals surface area (Å²) in [5.41, 5.74) is 3.85. The first-order chi connectivity index (χ1) is 14.6. The van der Waals surface area contributed by atoms with Crippen LogP contribution in [0, 0.1) is 0 Å². The summed E-state index contributed by atoms with van der Waals surface area (Å²) < 4.78 is 5.98. The molecule has 1 aliphatic rings. The molecule has 0 aliphatic carbocycles. The average Bonchev–Trinajstić information content (AvgIpc) is 3.16. The Morgan fingerprint density at radius 1 is 1.27 bits per heavy atom. The van der Waals surface area contributed by atoms with Gasteiger partial charge in [-0.2, -0.15) is 5.10 Å². The van der Waals surface area contributed by atoms with Crippen molar-refractivity contribution in [2.45, 2.75) is 32.5 Å². The first-order valence-electron chi connectivity index (χ1n) is 10.1. The predicted octanol–water partition coefficient (Wildman–Crippen LogP) is 4.02. The summed E-state index contributed by atoms with van der Waals surface area (Å²) in [6, 6.07) is 17.6. The summed E-state index contributed by atoms with van der Waals surface area (Å²) in [5.74, 6) is 0.877. The van der Waals surface area contributed by atoms with Gasteiger partial charge in [0.2, 0.25) is 5.91 Å². The fraction of sp³-hybridized carbons (Fsp3) is 0.304. The number of aromatic amines is 1. The van der Waals surface area contributed by atoms with Crippen LogP contribution < -0.4 is 10.1 Å². The minimum Gasteiger partial charge on any atom is -0.489 e. The predicted molar refractivity (Wildman–Crippen MR) is 117 cm³/mol. The highest BCUT2D eigenvalue weighted by Crippen LogP contribution is 2.28. The van der Waals surface area contributed by atoms with E-state index in [1.807, 2.05) is 61.5 Å². The Balaban J connectivity index is 1.28. The molecule has 0 radical (unpaired) electrons. The maximum absolute atomic E-state index is 12.4. The number of rotatable bonds is 6. The molecule has 0 saturated carbocycles. The van der Waals surface area contributed by atoms with Crippen molar-refractivity contribution in [1.29, 1.82) is 0 Å². The van der Waals surface area contributed by atoms with Gasteiger partial charge < -0.3 is 10.1 Å². The van der Waals surface area contributed by atoms with Gasteiger partial charge in [0, 0.05) is 42.2 Å². The third kappa shape index (κ3) is 5.20. The number of ether oxygens (including phenoxy) is 1. The zero-order chi connectivity index (χ0) is 20.9. The Morgan fingerprint density at radius 3 is 2.93 bits per heavy atom. The van der Waals surface area contributed by atoms with Gasteiger partial charge in [0.25, 0.3) is 0 Å². The maximum atomic E-state index is 12.4. The molecule has 0 bridgehead atoms. The van der Waals surface area contributed by atoms with E-state index in [0.29, 0.717) is 31.1 Å². The van der Waals surface area contributed by atoms with Crippen molar-refractivity contribution in [3.63, 3.8) is 0 Å². The largest absolute Gasteiger partial charge is 0.489 e. The van der Waals surface area contributed by atoms with E-state index in [1.165, 1.54) is 0 Å². The lowest BCUT2D eigenvalue weighted by Gasteiger charge is -2.21.